The van der Waals surface area contributed by atoms with Gasteiger partial charge < -0.3 is 4.74 Å². The molecule has 0 aromatic carbocycles. The molecule has 19 heavy (non-hydrogen) atoms. The summed E-state index contributed by atoms with van der Waals surface area (Å²) in [6.07, 6.45) is 3.03. The number of ether oxygens (including phenoxy) is 1. The van der Waals surface area contributed by atoms with Gasteiger partial charge in [0.1, 0.15) is 0 Å². The molecule has 1 aliphatic heterocycles. The van der Waals surface area contributed by atoms with Crippen molar-refractivity contribution < 1.29 is 13.2 Å². The molecular formula is C11H19N3O3S2. The Kier molecular flexibility index (Phi) is 4.77. The molecule has 1 aromatic heterocycles. The molecule has 1 fully saturated rings. The summed E-state index contributed by atoms with van der Waals surface area (Å²) < 4.78 is 31.7. The second-order valence-electron chi connectivity index (χ2n) is 4.79. The van der Waals surface area contributed by atoms with Gasteiger partial charge in [-0.15, -0.1) is 0 Å². The van der Waals surface area contributed by atoms with Crippen LogP contribution < -0.4 is 9.88 Å². The molecule has 0 bridgehead atoms. The van der Waals surface area contributed by atoms with Crippen LogP contribution in [0.3, 0.4) is 0 Å². The van der Waals surface area contributed by atoms with Gasteiger partial charge in [-0.2, -0.15) is 4.37 Å². The number of nitrogens with zero attached hydrogens (tertiary/aromatic N) is 2. The summed E-state index contributed by atoms with van der Waals surface area (Å²) in [4.78, 5) is 3.26. The van der Waals surface area contributed by atoms with Gasteiger partial charge in [0, 0.05) is 23.5 Å². The Morgan fingerprint density at radius 1 is 1.58 bits per heavy atom. The van der Waals surface area contributed by atoms with Crippen LogP contribution in [0.5, 0.6) is 5.88 Å². The van der Waals surface area contributed by atoms with Crippen molar-refractivity contribution in [3.63, 3.8) is 0 Å². The number of methoxy groups -OCH3 is 1. The Labute approximate surface area is 117 Å². The van der Waals surface area contributed by atoms with Crippen molar-refractivity contribution in [2.24, 2.45) is 5.14 Å². The third-order valence-corrected chi connectivity index (χ3v) is 4.88. The standard InChI is InChI=1S/C11H19N3O3S2/c1-17-11-6-10(18-13-11)7-14-5-3-2-4-9(14)8-19(12,15)16/h6,9H,2-5,7-8H2,1H3,(H2,12,15,16). The molecule has 2 heterocycles. The van der Waals surface area contributed by atoms with Crippen molar-refractivity contribution >= 4 is 21.6 Å². The minimum absolute atomic E-state index is 0.0110. The molecule has 1 atom stereocenters. The van der Waals surface area contributed by atoms with Crippen LogP contribution in [-0.4, -0.2) is 43.1 Å². The highest BCUT2D eigenvalue weighted by molar-refractivity contribution is 7.89. The average Bonchev–Trinajstić information content (AvgIpc) is 2.78. The highest BCUT2D eigenvalue weighted by atomic mass is 32.2. The van der Waals surface area contributed by atoms with Crippen LogP contribution in [0, 0.1) is 0 Å². The molecule has 1 unspecified atom stereocenters. The zero-order valence-corrected chi connectivity index (χ0v) is 12.5. The van der Waals surface area contributed by atoms with E-state index in [9.17, 15) is 8.42 Å². The van der Waals surface area contributed by atoms with E-state index >= 15 is 0 Å². The second-order valence-corrected chi connectivity index (χ2v) is 7.33. The van der Waals surface area contributed by atoms with Crippen LogP contribution in [-0.2, 0) is 16.6 Å². The minimum atomic E-state index is -3.43. The van der Waals surface area contributed by atoms with E-state index in [1.54, 1.807) is 7.11 Å². The summed E-state index contributed by atoms with van der Waals surface area (Å²) in [6, 6.07) is 1.91. The Balaban J connectivity index is 2.03. The van der Waals surface area contributed by atoms with Crippen molar-refractivity contribution in [2.75, 3.05) is 19.4 Å². The number of nitrogens with two attached hydrogens (primary N) is 1. The van der Waals surface area contributed by atoms with Crippen LogP contribution in [0.1, 0.15) is 24.1 Å². The number of aromatic nitrogens is 1. The Morgan fingerprint density at radius 2 is 2.37 bits per heavy atom. The summed E-state index contributed by atoms with van der Waals surface area (Å²) in [5.74, 6) is 0.642. The smallest absolute Gasteiger partial charge is 0.225 e. The molecule has 2 rings (SSSR count). The first kappa shape index (κ1) is 14.7. The summed E-state index contributed by atoms with van der Waals surface area (Å²) in [6.45, 7) is 1.61. The topological polar surface area (TPSA) is 85.5 Å². The van der Waals surface area contributed by atoms with Crippen LogP contribution in [0.15, 0.2) is 6.07 Å². The summed E-state index contributed by atoms with van der Waals surface area (Å²) in [5.41, 5.74) is 0. The Bertz CT molecular complexity index is 515. The highest BCUT2D eigenvalue weighted by Gasteiger charge is 2.26. The summed E-state index contributed by atoms with van der Waals surface area (Å²) in [5, 5.41) is 5.16. The van der Waals surface area contributed by atoms with Crippen LogP contribution in [0.4, 0.5) is 0 Å². The van der Waals surface area contributed by atoms with Gasteiger partial charge in [0.15, 0.2) is 0 Å². The van der Waals surface area contributed by atoms with Crippen molar-refractivity contribution in [1.82, 2.24) is 9.27 Å². The van der Waals surface area contributed by atoms with Gasteiger partial charge >= 0.3 is 0 Å². The molecule has 6 nitrogen and oxygen atoms in total. The largest absolute Gasteiger partial charge is 0.480 e. The normalized spacial score (nSPS) is 21.5. The van der Waals surface area contributed by atoms with E-state index in [1.165, 1.54) is 11.5 Å². The SMILES string of the molecule is COc1cc(CN2CCCCC2CS(N)(=O)=O)sn1. The average molecular weight is 305 g/mol. The fourth-order valence-electron chi connectivity index (χ4n) is 2.39. The van der Waals surface area contributed by atoms with E-state index in [4.69, 9.17) is 9.88 Å². The predicted molar refractivity (Wildman–Crippen MR) is 74.7 cm³/mol. The van der Waals surface area contributed by atoms with E-state index < -0.39 is 10.0 Å². The van der Waals surface area contributed by atoms with Gasteiger partial charge in [0.05, 0.1) is 12.9 Å². The van der Waals surface area contributed by atoms with E-state index in [2.05, 4.69) is 9.27 Å². The second kappa shape index (κ2) is 6.17. The molecule has 1 aromatic rings. The summed E-state index contributed by atoms with van der Waals surface area (Å²) >= 11 is 1.39. The van der Waals surface area contributed by atoms with Gasteiger partial charge in [-0.25, -0.2) is 13.6 Å². The maximum Gasteiger partial charge on any atom is 0.225 e. The first-order chi connectivity index (χ1) is 8.98. The fraction of sp³-hybridized carbons (Fsp3) is 0.727. The van der Waals surface area contributed by atoms with Crippen molar-refractivity contribution in [3.05, 3.63) is 10.9 Å². The van der Waals surface area contributed by atoms with Gasteiger partial charge in [-0.3, -0.25) is 4.90 Å². The number of hydrogen-bond donors (Lipinski definition) is 1. The minimum Gasteiger partial charge on any atom is -0.480 e. The quantitative estimate of drug-likeness (QED) is 0.869. The van der Waals surface area contributed by atoms with Gasteiger partial charge in [0.25, 0.3) is 0 Å². The molecule has 2 N–H and O–H groups in total. The van der Waals surface area contributed by atoms with Crippen LogP contribution >= 0.6 is 11.5 Å². The zero-order chi connectivity index (χ0) is 13.9. The predicted octanol–water partition coefficient (Wildman–Crippen LogP) is 0.795. The maximum atomic E-state index is 11.3. The molecule has 0 saturated carbocycles. The molecule has 1 aliphatic rings. The molecule has 0 radical (unpaired) electrons. The molecule has 0 spiro atoms. The lowest BCUT2D eigenvalue weighted by Crippen LogP contribution is -2.44. The number of piperidine rings is 1. The van der Waals surface area contributed by atoms with Gasteiger partial charge in [-0.1, -0.05) is 6.42 Å². The monoisotopic (exact) mass is 305 g/mol. The van der Waals surface area contributed by atoms with Gasteiger partial charge in [0.2, 0.25) is 15.9 Å². The zero-order valence-electron chi connectivity index (χ0n) is 10.9. The summed E-state index contributed by atoms with van der Waals surface area (Å²) in [7, 11) is -1.84. The molecular weight excluding hydrogens is 286 g/mol. The van der Waals surface area contributed by atoms with E-state index in [1.807, 2.05) is 6.07 Å². The van der Waals surface area contributed by atoms with Crippen molar-refractivity contribution in [3.8, 4) is 5.88 Å². The van der Waals surface area contributed by atoms with Crippen LogP contribution in [0.2, 0.25) is 0 Å². The van der Waals surface area contributed by atoms with E-state index in [-0.39, 0.29) is 11.8 Å². The van der Waals surface area contributed by atoms with Crippen molar-refractivity contribution in [2.45, 2.75) is 31.8 Å². The molecule has 0 aliphatic carbocycles. The van der Waals surface area contributed by atoms with Crippen LogP contribution in [0.25, 0.3) is 0 Å². The maximum absolute atomic E-state index is 11.3. The lowest BCUT2D eigenvalue weighted by atomic mass is 10.0. The van der Waals surface area contributed by atoms with E-state index in [0.717, 1.165) is 30.7 Å². The molecule has 0 amide bonds. The van der Waals surface area contributed by atoms with Gasteiger partial charge in [-0.05, 0) is 30.9 Å². The molecule has 8 heteroatoms. The third kappa shape index (κ3) is 4.41. The first-order valence-electron chi connectivity index (χ1n) is 6.22. The third-order valence-electron chi connectivity index (χ3n) is 3.28. The number of hydrogen-bond acceptors (Lipinski definition) is 6. The lowest BCUT2D eigenvalue weighted by Gasteiger charge is -2.34. The van der Waals surface area contributed by atoms with Crippen molar-refractivity contribution in [1.29, 1.82) is 0 Å². The lowest BCUT2D eigenvalue weighted by molar-refractivity contribution is 0.155. The Morgan fingerprint density at radius 3 is 3.00 bits per heavy atom. The highest BCUT2D eigenvalue weighted by Crippen LogP contribution is 2.24. The fourth-order valence-corrected chi connectivity index (χ4v) is 4.02. The molecule has 108 valence electrons. The number of likely N-dealkylation sites (tertiary alicyclic amines) is 1. The first-order valence-corrected chi connectivity index (χ1v) is 8.71. The number of sulfonamides is 1. The number of rotatable bonds is 5. The number of primary sulfonamides is 1. The van der Waals surface area contributed by atoms with E-state index in [0.29, 0.717) is 12.4 Å². The Hall–Kier alpha value is -0.700. The molecule has 1 saturated heterocycles.